The fourth-order valence-corrected chi connectivity index (χ4v) is 2.80. The van der Waals surface area contributed by atoms with Crippen molar-refractivity contribution < 1.29 is 24.2 Å². The van der Waals surface area contributed by atoms with E-state index in [4.69, 9.17) is 4.74 Å². The van der Waals surface area contributed by atoms with Gasteiger partial charge in [0.05, 0.1) is 6.07 Å². The Hall–Kier alpha value is -3.28. The van der Waals surface area contributed by atoms with Crippen LogP contribution < -0.4 is 10.6 Å². The number of hydrogen-bond donors (Lipinski definition) is 3. The Kier molecular flexibility index (Phi) is 9.80. The molecule has 0 aliphatic rings. The first-order chi connectivity index (χ1) is 14.5. The third-order valence-corrected chi connectivity index (χ3v) is 4.30. The van der Waals surface area contributed by atoms with Crippen molar-refractivity contribution in [3.8, 4) is 11.8 Å². The summed E-state index contributed by atoms with van der Waals surface area (Å²) in [7, 11) is 0. The van der Waals surface area contributed by atoms with E-state index in [1.807, 2.05) is 13.0 Å². The number of rotatable bonds is 9. The highest BCUT2D eigenvalue weighted by molar-refractivity contribution is 5.91. The maximum Gasteiger partial charge on any atom is 0.408 e. The average Bonchev–Trinajstić information content (AvgIpc) is 2.67. The summed E-state index contributed by atoms with van der Waals surface area (Å²) >= 11 is 0. The summed E-state index contributed by atoms with van der Waals surface area (Å²) < 4.78 is 5.12. The fraction of sp³-hybridized carbons (Fsp3) is 0.545. The van der Waals surface area contributed by atoms with Crippen molar-refractivity contribution in [2.75, 3.05) is 19.6 Å². The van der Waals surface area contributed by atoms with Gasteiger partial charge in [-0.2, -0.15) is 5.26 Å². The van der Waals surface area contributed by atoms with Gasteiger partial charge in [-0.15, -0.1) is 0 Å². The molecule has 31 heavy (non-hydrogen) atoms. The van der Waals surface area contributed by atoms with Crippen LogP contribution in [0.5, 0.6) is 5.75 Å². The van der Waals surface area contributed by atoms with Crippen LogP contribution in [0.4, 0.5) is 4.79 Å². The lowest BCUT2D eigenvalue weighted by molar-refractivity contribution is -0.139. The van der Waals surface area contributed by atoms with E-state index in [1.165, 1.54) is 6.07 Å². The summed E-state index contributed by atoms with van der Waals surface area (Å²) in [5, 5.41) is 24.9. The number of aromatic hydroxyl groups is 1. The van der Waals surface area contributed by atoms with Crippen molar-refractivity contribution in [1.82, 2.24) is 15.5 Å². The van der Waals surface area contributed by atoms with Crippen LogP contribution in [0.1, 0.15) is 57.7 Å². The molecule has 0 bridgehead atoms. The number of para-hydroxylation sites is 1. The molecule has 170 valence electrons. The number of nitrogens with zero attached hydrogens (tertiary/aromatic N) is 2. The molecule has 0 aromatic heterocycles. The van der Waals surface area contributed by atoms with Crippen LogP contribution >= 0.6 is 0 Å². The number of amides is 3. The maximum absolute atomic E-state index is 13.0. The van der Waals surface area contributed by atoms with Gasteiger partial charge in [0.25, 0.3) is 0 Å². The monoisotopic (exact) mass is 432 g/mol. The van der Waals surface area contributed by atoms with Gasteiger partial charge in [0.2, 0.25) is 11.8 Å². The lowest BCUT2D eigenvalue weighted by Gasteiger charge is -2.30. The van der Waals surface area contributed by atoms with Crippen molar-refractivity contribution in [3.05, 3.63) is 29.3 Å². The van der Waals surface area contributed by atoms with Crippen molar-refractivity contribution in [2.24, 2.45) is 0 Å². The molecule has 0 fully saturated rings. The van der Waals surface area contributed by atoms with Crippen molar-refractivity contribution in [2.45, 2.75) is 59.1 Å². The smallest absolute Gasteiger partial charge is 0.408 e. The summed E-state index contributed by atoms with van der Waals surface area (Å²) in [5.41, 5.74) is -0.0101. The Bertz CT molecular complexity index is 826. The van der Waals surface area contributed by atoms with Gasteiger partial charge in [-0.25, -0.2) is 4.79 Å². The molecule has 9 heteroatoms. The SMILES string of the molecule is CCCCNC(=O)C(c1cccc(C)c1O)N(CC#N)C(=O)CNC(=O)OC(C)(C)C. The lowest BCUT2D eigenvalue weighted by atomic mass is 10.00. The predicted octanol–water partition coefficient (Wildman–Crippen LogP) is 2.53. The molecule has 1 atom stereocenters. The first kappa shape index (κ1) is 25.8. The van der Waals surface area contributed by atoms with Crippen LogP contribution in [0.25, 0.3) is 0 Å². The molecular formula is C22H32N4O5. The Morgan fingerprint density at radius 2 is 1.94 bits per heavy atom. The zero-order chi connectivity index (χ0) is 23.6. The van der Waals surface area contributed by atoms with E-state index in [9.17, 15) is 24.8 Å². The van der Waals surface area contributed by atoms with Crippen molar-refractivity contribution >= 4 is 17.9 Å². The first-order valence-corrected chi connectivity index (χ1v) is 10.2. The second-order valence-electron chi connectivity index (χ2n) is 8.10. The Labute approximate surface area is 183 Å². The molecule has 0 saturated carbocycles. The van der Waals surface area contributed by atoms with Gasteiger partial charge < -0.3 is 25.4 Å². The molecule has 0 spiro atoms. The van der Waals surface area contributed by atoms with E-state index in [0.29, 0.717) is 12.1 Å². The Balaban J connectivity index is 3.18. The molecular weight excluding hydrogens is 400 g/mol. The largest absolute Gasteiger partial charge is 0.507 e. The van der Waals surface area contributed by atoms with Crippen LogP contribution in [0.3, 0.4) is 0 Å². The number of ether oxygens (including phenoxy) is 1. The number of phenols is 1. The number of phenolic OH excluding ortho intramolecular Hbond substituents is 1. The van der Waals surface area contributed by atoms with Gasteiger partial charge in [0.1, 0.15) is 30.5 Å². The molecule has 1 aromatic carbocycles. The minimum absolute atomic E-state index is 0.131. The molecule has 0 saturated heterocycles. The van der Waals surface area contributed by atoms with Crippen LogP contribution in [0.15, 0.2) is 18.2 Å². The van der Waals surface area contributed by atoms with E-state index < -0.39 is 42.6 Å². The number of nitriles is 1. The van der Waals surface area contributed by atoms with E-state index in [0.717, 1.165) is 17.7 Å². The molecule has 0 aliphatic heterocycles. The highest BCUT2D eigenvalue weighted by Crippen LogP contribution is 2.31. The van der Waals surface area contributed by atoms with Gasteiger partial charge in [0, 0.05) is 12.1 Å². The molecule has 0 radical (unpaired) electrons. The van der Waals surface area contributed by atoms with Crippen molar-refractivity contribution in [3.63, 3.8) is 0 Å². The second-order valence-corrected chi connectivity index (χ2v) is 8.10. The van der Waals surface area contributed by atoms with Crippen LogP contribution in [0, 0.1) is 18.3 Å². The third-order valence-electron chi connectivity index (χ3n) is 4.30. The number of carbonyl (C=O) groups is 3. The first-order valence-electron chi connectivity index (χ1n) is 10.2. The lowest BCUT2D eigenvalue weighted by Crippen LogP contribution is -2.48. The van der Waals surface area contributed by atoms with E-state index >= 15 is 0 Å². The standard InChI is InChI=1S/C22H32N4O5/c1-6-7-12-24-20(29)18(16-10-8-9-15(2)19(16)28)26(13-11-23)17(27)14-25-21(30)31-22(3,4)5/h8-10,18,28H,6-7,12-14H2,1-5H3,(H,24,29)(H,25,30). The van der Waals surface area contributed by atoms with E-state index in [-0.39, 0.29) is 11.3 Å². The van der Waals surface area contributed by atoms with Crippen LogP contribution in [-0.4, -0.2) is 53.1 Å². The highest BCUT2D eigenvalue weighted by atomic mass is 16.6. The van der Waals surface area contributed by atoms with Gasteiger partial charge in [-0.05, 0) is 39.7 Å². The molecule has 0 heterocycles. The Morgan fingerprint density at radius 1 is 1.26 bits per heavy atom. The summed E-state index contributed by atoms with van der Waals surface area (Å²) in [4.78, 5) is 38.8. The Morgan fingerprint density at radius 3 is 2.52 bits per heavy atom. The van der Waals surface area contributed by atoms with Gasteiger partial charge in [-0.1, -0.05) is 31.5 Å². The van der Waals surface area contributed by atoms with Gasteiger partial charge in [0.15, 0.2) is 0 Å². The summed E-state index contributed by atoms with van der Waals surface area (Å²) in [6.45, 7) is 8.23. The van der Waals surface area contributed by atoms with Gasteiger partial charge >= 0.3 is 6.09 Å². The molecule has 3 N–H and O–H groups in total. The van der Waals surface area contributed by atoms with Crippen LogP contribution in [-0.2, 0) is 14.3 Å². The van der Waals surface area contributed by atoms with E-state index in [2.05, 4.69) is 10.6 Å². The number of alkyl carbamates (subject to hydrolysis) is 1. The molecule has 3 amide bonds. The molecule has 1 unspecified atom stereocenters. The summed E-state index contributed by atoms with van der Waals surface area (Å²) in [5.74, 6) is -1.31. The summed E-state index contributed by atoms with van der Waals surface area (Å²) in [6, 6.07) is 5.51. The number of nitrogens with one attached hydrogen (secondary N) is 2. The number of aryl methyl sites for hydroxylation is 1. The quantitative estimate of drug-likeness (QED) is 0.406. The number of hydrogen-bond acceptors (Lipinski definition) is 6. The third kappa shape index (κ3) is 8.16. The van der Waals surface area contributed by atoms with Gasteiger partial charge in [-0.3, -0.25) is 9.59 Å². The number of carbonyl (C=O) groups excluding carboxylic acids is 3. The normalized spacial score (nSPS) is 11.7. The molecule has 0 aliphatic carbocycles. The average molecular weight is 433 g/mol. The minimum atomic E-state index is -1.23. The predicted molar refractivity (Wildman–Crippen MR) is 115 cm³/mol. The second kappa shape index (κ2) is 11.8. The highest BCUT2D eigenvalue weighted by Gasteiger charge is 2.33. The molecule has 9 nitrogen and oxygen atoms in total. The van der Waals surface area contributed by atoms with Crippen molar-refractivity contribution in [1.29, 1.82) is 5.26 Å². The van der Waals surface area contributed by atoms with E-state index in [1.54, 1.807) is 39.8 Å². The molecule has 1 rings (SSSR count). The maximum atomic E-state index is 13.0. The van der Waals surface area contributed by atoms with Crippen LogP contribution in [0.2, 0.25) is 0 Å². The number of unbranched alkanes of at least 4 members (excludes halogenated alkanes) is 1. The fourth-order valence-electron chi connectivity index (χ4n) is 2.80. The zero-order valence-electron chi connectivity index (χ0n) is 18.8. The minimum Gasteiger partial charge on any atom is -0.507 e. The zero-order valence-corrected chi connectivity index (χ0v) is 18.8. The molecule has 1 aromatic rings. The number of benzene rings is 1. The topological polar surface area (TPSA) is 132 Å². The summed E-state index contributed by atoms with van der Waals surface area (Å²) in [6.07, 6.45) is 0.812.